The Morgan fingerprint density at radius 1 is 1.28 bits per heavy atom. The van der Waals surface area contributed by atoms with Gasteiger partial charge in [0.2, 0.25) is 0 Å². The maximum Gasteiger partial charge on any atom is 0.338 e. The number of hydrogen-bond acceptors (Lipinski definition) is 3. The topological polar surface area (TPSA) is 55.4 Å². The van der Waals surface area contributed by atoms with Crippen LogP contribution < -0.4 is 5.32 Å². The van der Waals surface area contributed by atoms with E-state index in [9.17, 15) is 9.59 Å². The first kappa shape index (κ1) is 14.2. The molecule has 0 radical (unpaired) electrons. The van der Waals surface area contributed by atoms with Crippen LogP contribution in [-0.4, -0.2) is 24.5 Å². The summed E-state index contributed by atoms with van der Waals surface area (Å²) >= 11 is 0. The Bertz CT molecular complexity index is 452. The number of amides is 1. The van der Waals surface area contributed by atoms with Gasteiger partial charge in [0.05, 0.1) is 5.56 Å². The molecular formula is C14H19NO3. The Hall–Kier alpha value is -1.84. The molecule has 98 valence electrons. The highest BCUT2D eigenvalue weighted by Crippen LogP contribution is 2.11. The summed E-state index contributed by atoms with van der Waals surface area (Å²) in [5, 5.41) is 2.66. The van der Waals surface area contributed by atoms with Crippen LogP contribution in [0.2, 0.25) is 0 Å². The maximum absolute atomic E-state index is 11.8. The summed E-state index contributed by atoms with van der Waals surface area (Å²) < 4.78 is 4.98. The number of benzene rings is 1. The second-order valence-corrected chi connectivity index (χ2v) is 4.62. The van der Waals surface area contributed by atoms with Gasteiger partial charge in [-0.2, -0.15) is 0 Å². The lowest BCUT2D eigenvalue weighted by Gasteiger charge is -2.10. The van der Waals surface area contributed by atoms with Crippen molar-refractivity contribution in [3.8, 4) is 0 Å². The molecule has 0 aromatic heterocycles. The largest absolute Gasteiger partial charge is 0.452 e. The molecule has 0 saturated carbocycles. The molecule has 0 bridgehead atoms. The van der Waals surface area contributed by atoms with Crippen LogP contribution in [0.25, 0.3) is 0 Å². The van der Waals surface area contributed by atoms with Crippen LogP contribution in [0.15, 0.2) is 18.2 Å². The first-order valence-corrected chi connectivity index (χ1v) is 5.94. The molecule has 0 atom stereocenters. The molecule has 0 saturated heterocycles. The summed E-state index contributed by atoms with van der Waals surface area (Å²) in [4.78, 5) is 23.2. The second kappa shape index (κ2) is 6.19. The van der Waals surface area contributed by atoms with Gasteiger partial charge < -0.3 is 10.1 Å². The van der Waals surface area contributed by atoms with E-state index < -0.39 is 5.97 Å². The van der Waals surface area contributed by atoms with Crippen LogP contribution in [0.3, 0.4) is 0 Å². The van der Waals surface area contributed by atoms with Crippen LogP contribution in [0.1, 0.15) is 35.3 Å². The van der Waals surface area contributed by atoms with Crippen LogP contribution in [0.4, 0.5) is 0 Å². The number of aryl methyl sites for hydroxylation is 2. The van der Waals surface area contributed by atoms with E-state index in [-0.39, 0.29) is 18.6 Å². The fourth-order valence-electron chi connectivity index (χ4n) is 1.53. The lowest BCUT2D eigenvalue weighted by atomic mass is 10.1. The number of carbonyl (C=O) groups is 2. The molecule has 0 unspecified atom stereocenters. The Morgan fingerprint density at radius 2 is 1.94 bits per heavy atom. The van der Waals surface area contributed by atoms with Gasteiger partial charge in [-0.1, -0.05) is 17.7 Å². The highest BCUT2D eigenvalue weighted by atomic mass is 16.5. The zero-order valence-electron chi connectivity index (χ0n) is 11.2. The third-order valence-corrected chi connectivity index (χ3v) is 2.40. The summed E-state index contributed by atoms with van der Waals surface area (Å²) in [5.74, 6) is -0.751. The molecule has 0 spiro atoms. The number of esters is 1. The third kappa shape index (κ3) is 4.20. The third-order valence-electron chi connectivity index (χ3n) is 2.40. The van der Waals surface area contributed by atoms with Gasteiger partial charge in [0.25, 0.3) is 5.91 Å². The standard InChI is InChI=1S/C14H19NO3/c1-9(2)15-13(16)8-18-14(17)12-7-10(3)5-6-11(12)4/h5-7,9H,8H2,1-4H3,(H,15,16). The minimum Gasteiger partial charge on any atom is -0.452 e. The van der Waals surface area contributed by atoms with E-state index in [1.807, 2.05) is 39.8 Å². The van der Waals surface area contributed by atoms with Gasteiger partial charge >= 0.3 is 5.97 Å². The normalized spacial score (nSPS) is 10.3. The molecule has 1 N–H and O–H groups in total. The molecule has 4 heteroatoms. The Morgan fingerprint density at radius 3 is 2.56 bits per heavy atom. The summed E-state index contributed by atoms with van der Waals surface area (Å²) in [6.07, 6.45) is 0. The van der Waals surface area contributed by atoms with Crippen molar-refractivity contribution in [1.29, 1.82) is 0 Å². The predicted octanol–water partition coefficient (Wildman–Crippen LogP) is 1.98. The quantitative estimate of drug-likeness (QED) is 0.830. The van der Waals surface area contributed by atoms with Gasteiger partial charge in [0.1, 0.15) is 0 Å². The Balaban J connectivity index is 2.60. The van der Waals surface area contributed by atoms with E-state index in [2.05, 4.69) is 5.32 Å². The summed E-state index contributed by atoms with van der Waals surface area (Å²) in [6, 6.07) is 5.59. The number of hydrogen-bond donors (Lipinski definition) is 1. The molecule has 0 heterocycles. The molecule has 1 rings (SSSR count). The van der Waals surface area contributed by atoms with Crippen molar-refractivity contribution in [3.05, 3.63) is 34.9 Å². The highest BCUT2D eigenvalue weighted by molar-refractivity contribution is 5.92. The van der Waals surface area contributed by atoms with E-state index in [0.717, 1.165) is 11.1 Å². The molecule has 1 aromatic carbocycles. The van der Waals surface area contributed by atoms with Crippen molar-refractivity contribution in [2.45, 2.75) is 33.7 Å². The van der Waals surface area contributed by atoms with Gasteiger partial charge in [-0.3, -0.25) is 4.79 Å². The molecular weight excluding hydrogens is 230 g/mol. The van der Waals surface area contributed by atoms with Crippen LogP contribution in [-0.2, 0) is 9.53 Å². The van der Waals surface area contributed by atoms with Gasteiger partial charge in [-0.05, 0) is 39.3 Å². The number of ether oxygens (including phenoxy) is 1. The van der Waals surface area contributed by atoms with Crippen molar-refractivity contribution < 1.29 is 14.3 Å². The van der Waals surface area contributed by atoms with Crippen molar-refractivity contribution in [3.63, 3.8) is 0 Å². The molecule has 1 amide bonds. The second-order valence-electron chi connectivity index (χ2n) is 4.62. The van der Waals surface area contributed by atoms with Gasteiger partial charge in [0.15, 0.2) is 6.61 Å². The van der Waals surface area contributed by atoms with Crippen LogP contribution in [0.5, 0.6) is 0 Å². The van der Waals surface area contributed by atoms with Crippen LogP contribution in [0, 0.1) is 13.8 Å². The molecule has 18 heavy (non-hydrogen) atoms. The summed E-state index contributed by atoms with van der Waals surface area (Å²) in [6.45, 7) is 7.20. The smallest absolute Gasteiger partial charge is 0.338 e. The fourth-order valence-corrected chi connectivity index (χ4v) is 1.53. The van der Waals surface area contributed by atoms with Crippen molar-refractivity contribution in [2.24, 2.45) is 0 Å². The SMILES string of the molecule is Cc1ccc(C)c(C(=O)OCC(=O)NC(C)C)c1. The molecule has 0 aliphatic heterocycles. The molecule has 0 fully saturated rings. The Labute approximate surface area is 107 Å². The summed E-state index contributed by atoms with van der Waals surface area (Å²) in [7, 11) is 0. The first-order valence-electron chi connectivity index (χ1n) is 5.94. The van der Waals surface area contributed by atoms with Gasteiger partial charge in [-0.15, -0.1) is 0 Å². The molecule has 0 aliphatic rings. The van der Waals surface area contributed by atoms with E-state index >= 15 is 0 Å². The first-order chi connectivity index (χ1) is 8.40. The maximum atomic E-state index is 11.8. The van der Waals surface area contributed by atoms with Crippen LogP contribution >= 0.6 is 0 Å². The minimum atomic E-state index is -0.463. The van der Waals surface area contributed by atoms with Crippen molar-refractivity contribution in [1.82, 2.24) is 5.32 Å². The van der Waals surface area contributed by atoms with E-state index in [0.29, 0.717) is 5.56 Å². The number of carbonyl (C=O) groups excluding carboxylic acids is 2. The Kier molecular flexibility index (Phi) is 4.89. The minimum absolute atomic E-state index is 0.0388. The molecule has 4 nitrogen and oxygen atoms in total. The van der Waals surface area contributed by atoms with E-state index in [1.54, 1.807) is 6.07 Å². The lowest BCUT2D eigenvalue weighted by molar-refractivity contribution is -0.124. The monoisotopic (exact) mass is 249 g/mol. The fraction of sp³-hybridized carbons (Fsp3) is 0.429. The number of nitrogens with one attached hydrogen (secondary N) is 1. The van der Waals surface area contributed by atoms with Gasteiger partial charge in [0, 0.05) is 6.04 Å². The molecule has 0 aliphatic carbocycles. The zero-order valence-corrected chi connectivity index (χ0v) is 11.2. The average Bonchev–Trinajstić information content (AvgIpc) is 2.28. The zero-order chi connectivity index (χ0) is 13.7. The molecule has 1 aromatic rings. The van der Waals surface area contributed by atoms with Gasteiger partial charge in [-0.25, -0.2) is 4.79 Å². The lowest BCUT2D eigenvalue weighted by Crippen LogP contribution is -2.34. The van der Waals surface area contributed by atoms with Crippen molar-refractivity contribution in [2.75, 3.05) is 6.61 Å². The summed E-state index contributed by atoms with van der Waals surface area (Å²) in [5.41, 5.74) is 2.33. The predicted molar refractivity (Wildman–Crippen MR) is 69.5 cm³/mol. The highest BCUT2D eigenvalue weighted by Gasteiger charge is 2.13. The van der Waals surface area contributed by atoms with Crippen molar-refractivity contribution >= 4 is 11.9 Å². The number of rotatable bonds is 4. The van der Waals surface area contributed by atoms with E-state index in [4.69, 9.17) is 4.74 Å². The average molecular weight is 249 g/mol. The van der Waals surface area contributed by atoms with E-state index in [1.165, 1.54) is 0 Å².